The lowest BCUT2D eigenvalue weighted by molar-refractivity contribution is 0.0765. The van der Waals surface area contributed by atoms with E-state index in [0.717, 1.165) is 31.7 Å². The number of anilines is 1. The van der Waals surface area contributed by atoms with Gasteiger partial charge in [-0.3, -0.25) is 4.79 Å². The van der Waals surface area contributed by atoms with Crippen LogP contribution in [-0.2, 0) is 0 Å². The average Bonchev–Trinajstić information content (AvgIpc) is 2.58. The van der Waals surface area contributed by atoms with Crippen molar-refractivity contribution in [3.05, 3.63) is 28.8 Å². The van der Waals surface area contributed by atoms with Gasteiger partial charge >= 0.3 is 0 Å². The molecular formula is C17H24ClN3O2. The molecule has 0 aliphatic carbocycles. The lowest BCUT2D eigenvalue weighted by Crippen LogP contribution is -2.52. The van der Waals surface area contributed by atoms with Crippen molar-refractivity contribution >= 4 is 23.2 Å². The number of amides is 1. The van der Waals surface area contributed by atoms with Crippen molar-refractivity contribution in [2.24, 2.45) is 0 Å². The van der Waals surface area contributed by atoms with E-state index in [1.165, 1.54) is 19.3 Å². The number of nitrogens with one attached hydrogen (secondary N) is 2. The fourth-order valence-electron chi connectivity index (χ4n) is 3.29. The number of aliphatic hydroxyl groups excluding tert-OH is 1. The first-order valence-corrected chi connectivity index (χ1v) is 8.77. The number of carbonyl (C=O) groups is 1. The zero-order chi connectivity index (χ0) is 16.2. The van der Waals surface area contributed by atoms with E-state index in [1.807, 2.05) is 12.1 Å². The number of carbonyl (C=O) groups excluding carboxylic acids is 1. The van der Waals surface area contributed by atoms with Gasteiger partial charge in [-0.1, -0.05) is 11.6 Å². The van der Waals surface area contributed by atoms with Gasteiger partial charge in [0.15, 0.2) is 0 Å². The van der Waals surface area contributed by atoms with Crippen LogP contribution in [0.4, 0.5) is 5.69 Å². The molecule has 3 N–H and O–H groups in total. The Kier molecular flexibility index (Phi) is 5.41. The Morgan fingerprint density at radius 1 is 1.30 bits per heavy atom. The van der Waals surface area contributed by atoms with Gasteiger partial charge in [-0.15, -0.1) is 0 Å². The van der Waals surface area contributed by atoms with Gasteiger partial charge in [0.1, 0.15) is 0 Å². The molecule has 23 heavy (non-hydrogen) atoms. The first-order chi connectivity index (χ1) is 11.1. The molecule has 0 saturated carbocycles. The molecule has 0 bridgehead atoms. The third-order valence-corrected chi connectivity index (χ3v) is 5.01. The quantitative estimate of drug-likeness (QED) is 0.786. The predicted molar refractivity (Wildman–Crippen MR) is 92.3 cm³/mol. The third kappa shape index (κ3) is 3.97. The lowest BCUT2D eigenvalue weighted by Gasteiger charge is -2.30. The van der Waals surface area contributed by atoms with E-state index in [9.17, 15) is 9.90 Å². The first-order valence-electron chi connectivity index (χ1n) is 8.39. The number of nitrogens with zero attached hydrogens (tertiary/aromatic N) is 1. The number of halogens is 1. The second-order valence-corrected chi connectivity index (χ2v) is 6.76. The molecule has 0 aromatic heterocycles. The highest BCUT2D eigenvalue weighted by atomic mass is 35.5. The number of piperidine rings is 2. The van der Waals surface area contributed by atoms with Gasteiger partial charge < -0.3 is 20.6 Å². The summed E-state index contributed by atoms with van der Waals surface area (Å²) in [6.07, 6.45) is 3.80. The number of aliphatic hydroxyl groups is 1. The van der Waals surface area contributed by atoms with E-state index in [4.69, 9.17) is 11.6 Å². The first kappa shape index (κ1) is 16.6. The van der Waals surface area contributed by atoms with E-state index in [-0.39, 0.29) is 11.9 Å². The zero-order valence-corrected chi connectivity index (χ0v) is 14.0. The molecule has 2 aliphatic rings. The summed E-state index contributed by atoms with van der Waals surface area (Å²) < 4.78 is 0. The van der Waals surface area contributed by atoms with Crippen molar-refractivity contribution in [1.29, 1.82) is 0 Å². The molecule has 2 saturated heterocycles. The minimum atomic E-state index is -0.559. The van der Waals surface area contributed by atoms with Crippen LogP contribution in [-0.4, -0.2) is 49.3 Å². The summed E-state index contributed by atoms with van der Waals surface area (Å²) in [4.78, 5) is 14.9. The average molecular weight is 338 g/mol. The molecule has 1 aromatic rings. The summed E-state index contributed by atoms with van der Waals surface area (Å²) in [5.41, 5.74) is 1.53. The van der Waals surface area contributed by atoms with Crippen molar-refractivity contribution < 1.29 is 9.90 Å². The van der Waals surface area contributed by atoms with Crippen LogP contribution in [0.3, 0.4) is 0 Å². The van der Waals surface area contributed by atoms with Gasteiger partial charge in [-0.2, -0.15) is 0 Å². The van der Waals surface area contributed by atoms with Crippen LogP contribution in [0.2, 0.25) is 5.02 Å². The monoisotopic (exact) mass is 337 g/mol. The maximum absolute atomic E-state index is 12.6. The Bertz CT molecular complexity index is 561. The van der Waals surface area contributed by atoms with E-state index < -0.39 is 6.10 Å². The molecule has 0 radical (unpaired) electrons. The molecule has 1 aromatic carbocycles. The molecule has 2 heterocycles. The predicted octanol–water partition coefficient (Wildman–Crippen LogP) is 1.78. The van der Waals surface area contributed by atoms with Gasteiger partial charge in [0, 0.05) is 25.3 Å². The number of β-amino-alcohol motifs (C(OH)–C–C–N with tert-alkyl or cyclic N) is 1. The number of rotatable bonds is 3. The van der Waals surface area contributed by atoms with Gasteiger partial charge in [-0.25, -0.2) is 0 Å². The highest BCUT2D eigenvalue weighted by Crippen LogP contribution is 2.26. The number of hydrogen-bond donors (Lipinski definition) is 3. The maximum Gasteiger partial charge on any atom is 0.253 e. The van der Waals surface area contributed by atoms with Gasteiger partial charge in [-0.05, 0) is 50.4 Å². The zero-order valence-electron chi connectivity index (χ0n) is 13.2. The minimum Gasteiger partial charge on any atom is -0.390 e. The molecule has 3 rings (SSSR count). The Hall–Kier alpha value is -1.30. The van der Waals surface area contributed by atoms with E-state index >= 15 is 0 Å². The normalized spacial score (nSPS) is 25.2. The van der Waals surface area contributed by atoms with Gasteiger partial charge in [0.2, 0.25) is 0 Å². The van der Waals surface area contributed by atoms with E-state index in [0.29, 0.717) is 17.1 Å². The van der Waals surface area contributed by atoms with Crippen molar-refractivity contribution in [2.45, 2.75) is 37.8 Å². The highest BCUT2D eigenvalue weighted by molar-refractivity contribution is 6.34. The molecular weight excluding hydrogens is 314 g/mol. The third-order valence-electron chi connectivity index (χ3n) is 4.68. The topological polar surface area (TPSA) is 64.6 Å². The van der Waals surface area contributed by atoms with Crippen molar-refractivity contribution in [3.8, 4) is 0 Å². The SMILES string of the molecule is O=C(N[C@@H]1CCNC[C@H]1O)c1cc(N2CCCCC2)ccc1Cl. The van der Waals surface area contributed by atoms with Gasteiger partial charge in [0.25, 0.3) is 5.91 Å². The fourth-order valence-corrected chi connectivity index (χ4v) is 3.50. The second kappa shape index (κ2) is 7.51. The van der Waals surface area contributed by atoms with Crippen LogP contribution in [0.25, 0.3) is 0 Å². The van der Waals surface area contributed by atoms with Crippen molar-refractivity contribution in [2.75, 3.05) is 31.1 Å². The standard InChI is InChI=1S/C17H24ClN3O2/c18-14-5-4-12(21-8-2-1-3-9-21)10-13(14)17(23)20-15-6-7-19-11-16(15)22/h4-5,10,15-16,19,22H,1-3,6-9,11H2,(H,20,23)/t15-,16-/m1/s1. The van der Waals surface area contributed by atoms with Crippen LogP contribution in [0.5, 0.6) is 0 Å². The van der Waals surface area contributed by atoms with E-state index in [2.05, 4.69) is 15.5 Å². The fraction of sp³-hybridized carbons (Fsp3) is 0.588. The molecule has 2 fully saturated rings. The Morgan fingerprint density at radius 3 is 2.83 bits per heavy atom. The molecule has 5 nitrogen and oxygen atoms in total. The van der Waals surface area contributed by atoms with Crippen molar-refractivity contribution in [3.63, 3.8) is 0 Å². The molecule has 0 spiro atoms. The largest absolute Gasteiger partial charge is 0.390 e. The smallest absolute Gasteiger partial charge is 0.253 e. The number of benzene rings is 1. The van der Waals surface area contributed by atoms with Crippen LogP contribution < -0.4 is 15.5 Å². The lowest BCUT2D eigenvalue weighted by atomic mass is 10.0. The summed E-state index contributed by atoms with van der Waals surface area (Å²) in [6.45, 7) is 3.35. The summed E-state index contributed by atoms with van der Waals surface area (Å²) in [5, 5.41) is 16.5. The Balaban J connectivity index is 1.73. The Morgan fingerprint density at radius 2 is 2.09 bits per heavy atom. The summed E-state index contributed by atoms with van der Waals surface area (Å²) in [7, 11) is 0. The maximum atomic E-state index is 12.6. The Labute approximate surface area is 142 Å². The van der Waals surface area contributed by atoms with Crippen molar-refractivity contribution in [1.82, 2.24) is 10.6 Å². The van der Waals surface area contributed by atoms with Crippen LogP contribution >= 0.6 is 11.6 Å². The van der Waals surface area contributed by atoms with Crippen LogP contribution in [0, 0.1) is 0 Å². The summed E-state index contributed by atoms with van der Waals surface area (Å²) >= 11 is 6.23. The molecule has 2 atom stereocenters. The molecule has 6 heteroatoms. The molecule has 126 valence electrons. The van der Waals surface area contributed by atoms with E-state index in [1.54, 1.807) is 6.07 Å². The molecule has 0 unspecified atom stereocenters. The van der Waals surface area contributed by atoms with Crippen LogP contribution in [0.1, 0.15) is 36.0 Å². The molecule has 1 amide bonds. The van der Waals surface area contributed by atoms with Crippen LogP contribution in [0.15, 0.2) is 18.2 Å². The second-order valence-electron chi connectivity index (χ2n) is 6.35. The number of hydrogen-bond acceptors (Lipinski definition) is 4. The minimum absolute atomic E-state index is 0.209. The summed E-state index contributed by atoms with van der Waals surface area (Å²) in [6, 6.07) is 5.41. The molecule has 2 aliphatic heterocycles. The summed E-state index contributed by atoms with van der Waals surface area (Å²) in [5.74, 6) is -0.209. The highest BCUT2D eigenvalue weighted by Gasteiger charge is 2.25. The van der Waals surface area contributed by atoms with Gasteiger partial charge in [0.05, 0.1) is 22.7 Å².